The van der Waals surface area contributed by atoms with Crippen molar-refractivity contribution >= 4 is 5.91 Å². The maximum atomic E-state index is 12.2. The molecule has 0 saturated heterocycles. The van der Waals surface area contributed by atoms with Crippen LogP contribution < -0.4 is 9.47 Å². The van der Waals surface area contributed by atoms with Crippen molar-refractivity contribution in [2.45, 2.75) is 6.54 Å². The molecule has 0 atom stereocenters. The number of likely N-dealkylation sites (N-methyl/N-ethyl adjacent to an activating group) is 1. The van der Waals surface area contributed by atoms with Crippen LogP contribution in [-0.2, 0) is 11.3 Å². The lowest BCUT2D eigenvalue weighted by molar-refractivity contribution is -0.132. The molecule has 0 aliphatic rings. The summed E-state index contributed by atoms with van der Waals surface area (Å²) in [5.74, 6) is 1.09. The smallest absolute Gasteiger partial charge is 0.260 e. The van der Waals surface area contributed by atoms with Gasteiger partial charge in [0, 0.05) is 19.2 Å². The van der Waals surface area contributed by atoms with Crippen LogP contribution in [0.4, 0.5) is 0 Å². The van der Waals surface area contributed by atoms with Crippen molar-refractivity contribution in [2.24, 2.45) is 0 Å². The standard InChI is InChI=1S/C18H18N2O3/c1-20(12-15-7-3-4-9-17(15)22-2)18(21)13-23-16-8-5-6-14(10-16)11-19/h3-10H,12-13H2,1-2H3. The minimum Gasteiger partial charge on any atom is -0.496 e. The molecule has 1 amide bonds. The number of hydrogen-bond donors (Lipinski definition) is 0. The molecule has 2 aromatic rings. The van der Waals surface area contributed by atoms with E-state index in [0.717, 1.165) is 11.3 Å². The van der Waals surface area contributed by atoms with Gasteiger partial charge in [-0.2, -0.15) is 5.26 Å². The normalized spacial score (nSPS) is 9.78. The number of carbonyl (C=O) groups excluding carboxylic acids is 1. The number of hydrogen-bond acceptors (Lipinski definition) is 4. The van der Waals surface area contributed by atoms with E-state index >= 15 is 0 Å². The Bertz CT molecular complexity index is 722. The maximum Gasteiger partial charge on any atom is 0.260 e. The molecule has 5 heteroatoms. The summed E-state index contributed by atoms with van der Waals surface area (Å²) in [4.78, 5) is 13.7. The second-order valence-electron chi connectivity index (χ2n) is 4.99. The Morgan fingerprint density at radius 3 is 2.74 bits per heavy atom. The molecule has 0 radical (unpaired) electrons. The minimum atomic E-state index is -0.154. The highest BCUT2D eigenvalue weighted by Gasteiger charge is 2.12. The van der Waals surface area contributed by atoms with E-state index < -0.39 is 0 Å². The van der Waals surface area contributed by atoms with Gasteiger partial charge in [0.1, 0.15) is 11.5 Å². The van der Waals surface area contributed by atoms with Crippen LogP contribution in [0.2, 0.25) is 0 Å². The molecule has 2 rings (SSSR count). The summed E-state index contributed by atoms with van der Waals surface area (Å²) in [7, 11) is 3.32. The minimum absolute atomic E-state index is 0.0828. The Morgan fingerprint density at radius 1 is 1.22 bits per heavy atom. The van der Waals surface area contributed by atoms with Crippen molar-refractivity contribution in [3.8, 4) is 17.6 Å². The van der Waals surface area contributed by atoms with Gasteiger partial charge < -0.3 is 14.4 Å². The molecule has 5 nitrogen and oxygen atoms in total. The van der Waals surface area contributed by atoms with Crippen LogP contribution in [0, 0.1) is 11.3 Å². The van der Waals surface area contributed by atoms with Crippen LogP contribution in [0.25, 0.3) is 0 Å². The molecule has 0 aliphatic carbocycles. The Hall–Kier alpha value is -3.00. The molecule has 0 unspecified atom stereocenters. The number of amides is 1. The van der Waals surface area contributed by atoms with Crippen molar-refractivity contribution in [3.63, 3.8) is 0 Å². The van der Waals surface area contributed by atoms with Crippen LogP contribution in [0.1, 0.15) is 11.1 Å². The van der Waals surface area contributed by atoms with E-state index in [9.17, 15) is 4.79 Å². The summed E-state index contributed by atoms with van der Waals surface area (Å²) < 4.78 is 10.7. The zero-order chi connectivity index (χ0) is 16.7. The van der Waals surface area contributed by atoms with Crippen molar-refractivity contribution in [3.05, 3.63) is 59.7 Å². The summed E-state index contributed by atoms with van der Waals surface area (Å²) in [5, 5.41) is 8.85. The van der Waals surface area contributed by atoms with Gasteiger partial charge in [-0.3, -0.25) is 4.79 Å². The van der Waals surface area contributed by atoms with Gasteiger partial charge in [-0.25, -0.2) is 0 Å². The van der Waals surface area contributed by atoms with Crippen molar-refractivity contribution in [1.29, 1.82) is 5.26 Å². The van der Waals surface area contributed by atoms with Crippen LogP contribution in [0.3, 0.4) is 0 Å². The molecular weight excluding hydrogens is 292 g/mol. The number of benzene rings is 2. The Labute approximate surface area is 135 Å². The lowest BCUT2D eigenvalue weighted by Gasteiger charge is -2.19. The zero-order valence-corrected chi connectivity index (χ0v) is 13.2. The highest BCUT2D eigenvalue weighted by atomic mass is 16.5. The number of para-hydroxylation sites is 1. The molecule has 23 heavy (non-hydrogen) atoms. The molecule has 0 heterocycles. The fourth-order valence-electron chi connectivity index (χ4n) is 2.09. The summed E-state index contributed by atoms with van der Waals surface area (Å²) >= 11 is 0. The molecule has 0 saturated carbocycles. The van der Waals surface area contributed by atoms with Gasteiger partial charge >= 0.3 is 0 Å². The molecule has 0 bridgehead atoms. The third-order valence-electron chi connectivity index (χ3n) is 3.35. The topological polar surface area (TPSA) is 62.6 Å². The van der Waals surface area contributed by atoms with Gasteiger partial charge in [0.15, 0.2) is 6.61 Å². The molecule has 0 spiro atoms. The van der Waals surface area contributed by atoms with Gasteiger partial charge in [0.2, 0.25) is 0 Å². The number of carbonyl (C=O) groups is 1. The summed E-state index contributed by atoms with van der Waals surface area (Å²) in [6, 6.07) is 16.3. The predicted octanol–water partition coefficient (Wildman–Crippen LogP) is 2.60. The van der Waals surface area contributed by atoms with Gasteiger partial charge in [-0.1, -0.05) is 24.3 Å². The number of nitrogens with zero attached hydrogens (tertiary/aromatic N) is 2. The number of ether oxygens (including phenoxy) is 2. The third kappa shape index (κ3) is 4.48. The Balaban J connectivity index is 1.93. The average molecular weight is 310 g/mol. The highest BCUT2D eigenvalue weighted by molar-refractivity contribution is 5.77. The Kier molecular flexibility index (Phi) is 5.59. The van der Waals surface area contributed by atoms with Crippen LogP contribution in [0.5, 0.6) is 11.5 Å². The van der Waals surface area contributed by atoms with Gasteiger partial charge in [-0.05, 0) is 24.3 Å². The molecule has 118 valence electrons. The fourth-order valence-corrected chi connectivity index (χ4v) is 2.09. The largest absolute Gasteiger partial charge is 0.496 e. The lowest BCUT2D eigenvalue weighted by Crippen LogP contribution is -2.31. The van der Waals surface area contributed by atoms with E-state index in [2.05, 4.69) is 0 Å². The number of nitriles is 1. The van der Waals surface area contributed by atoms with Crippen molar-refractivity contribution in [1.82, 2.24) is 4.90 Å². The van der Waals surface area contributed by atoms with Crippen LogP contribution >= 0.6 is 0 Å². The molecule has 0 fully saturated rings. The van der Waals surface area contributed by atoms with E-state index in [1.165, 1.54) is 0 Å². The first-order valence-electron chi connectivity index (χ1n) is 7.13. The monoisotopic (exact) mass is 310 g/mol. The number of methoxy groups -OCH3 is 1. The van der Waals surface area contributed by atoms with E-state index in [-0.39, 0.29) is 12.5 Å². The summed E-state index contributed by atoms with van der Waals surface area (Å²) in [6.45, 7) is 0.352. The van der Waals surface area contributed by atoms with E-state index in [1.54, 1.807) is 43.3 Å². The first kappa shape index (κ1) is 16.4. The quantitative estimate of drug-likeness (QED) is 0.823. The molecule has 0 aliphatic heterocycles. The summed E-state index contributed by atoms with van der Waals surface area (Å²) in [5.41, 5.74) is 1.43. The van der Waals surface area contributed by atoms with Gasteiger partial charge in [0.25, 0.3) is 5.91 Å². The molecule has 0 N–H and O–H groups in total. The summed E-state index contributed by atoms with van der Waals surface area (Å²) in [6.07, 6.45) is 0. The second kappa shape index (κ2) is 7.85. The van der Waals surface area contributed by atoms with Gasteiger partial charge in [-0.15, -0.1) is 0 Å². The first-order valence-corrected chi connectivity index (χ1v) is 7.13. The van der Waals surface area contributed by atoms with E-state index in [0.29, 0.717) is 17.9 Å². The fraction of sp³-hybridized carbons (Fsp3) is 0.222. The molecular formula is C18H18N2O3. The SMILES string of the molecule is COc1ccccc1CN(C)C(=O)COc1cccc(C#N)c1. The van der Waals surface area contributed by atoms with E-state index in [4.69, 9.17) is 14.7 Å². The van der Waals surface area contributed by atoms with Crippen LogP contribution in [-0.4, -0.2) is 31.6 Å². The lowest BCUT2D eigenvalue weighted by atomic mass is 10.2. The van der Waals surface area contributed by atoms with Crippen molar-refractivity contribution in [2.75, 3.05) is 20.8 Å². The zero-order valence-electron chi connectivity index (χ0n) is 13.2. The predicted molar refractivity (Wildman–Crippen MR) is 86.1 cm³/mol. The van der Waals surface area contributed by atoms with Crippen LogP contribution in [0.15, 0.2) is 48.5 Å². The number of rotatable bonds is 6. The molecule has 2 aromatic carbocycles. The average Bonchev–Trinajstić information content (AvgIpc) is 2.60. The highest BCUT2D eigenvalue weighted by Crippen LogP contribution is 2.19. The van der Waals surface area contributed by atoms with E-state index in [1.807, 2.05) is 30.3 Å². The maximum absolute atomic E-state index is 12.2. The van der Waals surface area contributed by atoms with Gasteiger partial charge in [0.05, 0.1) is 18.7 Å². The first-order chi connectivity index (χ1) is 11.1. The third-order valence-corrected chi connectivity index (χ3v) is 3.35. The Morgan fingerprint density at radius 2 is 2.00 bits per heavy atom. The van der Waals surface area contributed by atoms with Crippen molar-refractivity contribution < 1.29 is 14.3 Å². The second-order valence-corrected chi connectivity index (χ2v) is 4.99. The molecule has 0 aromatic heterocycles.